The third kappa shape index (κ3) is 5.71. The van der Waals surface area contributed by atoms with E-state index in [1.165, 1.54) is 31.4 Å². The summed E-state index contributed by atoms with van der Waals surface area (Å²) in [5, 5.41) is 5.17. The van der Waals surface area contributed by atoms with Gasteiger partial charge in [0.1, 0.15) is 11.5 Å². The van der Waals surface area contributed by atoms with Crippen molar-refractivity contribution in [2.24, 2.45) is 0 Å². The maximum atomic E-state index is 12.1. The van der Waals surface area contributed by atoms with Gasteiger partial charge in [-0.25, -0.2) is 4.79 Å². The molecular weight excluding hydrogens is 325 g/mol. The summed E-state index contributed by atoms with van der Waals surface area (Å²) in [5.74, 6) is 0.657. The second kappa shape index (κ2) is 7.58. The van der Waals surface area contributed by atoms with Crippen LogP contribution in [0.15, 0.2) is 48.5 Å². The van der Waals surface area contributed by atoms with Crippen LogP contribution in [0.4, 0.5) is 29.3 Å². The number of nitrogens with one attached hydrogen (secondary N) is 2. The molecule has 0 aliphatic rings. The molecule has 2 aromatic rings. The van der Waals surface area contributed by atoms with E-state index in [1.807, 2.05) is 0 Å². The molecule has 0 aromatic heterocycles. The summed E-state index contributed by atoms with van der Waals surface area (Å²) in [6, 6.07) is 11.9. The van der Waals surface area contributed by atoms with E-state index in [2.05, 4.69) is 15.4 Å². The fourth-order valence-electron chi connectivity index (χ4n) is 1.79. The number of carbonyl (C=O) groups excluding carboxylic acids is 1. The van der Waals surface area contributed by atoms with Gasteiger partial charge in [0.25, 0.3) is 0 Å². The van der Waals surface area contributed by atoms with Gasteiger partial charge in [-0.3, -0.25) is 0 Å². The number of benzene rings is 2. The van der Waals surface area contributed by atoms with Crippen molar-refractivity contribution in [3.05, 3.63) is 48.5 Å². The van der Waals surface area contributed by atoms with Crippen LogP contribution in [0, 0.1) is 0 Å². The Bertz CT molecular complexity index is 688. The smallest absolute Gasteiger partial charge is 0.422 e. The third-order valence-corrected chi connectivity index (χ3v) is 2.84. The minimum atomic E-state index is -4.40. The highest BCUT2D eigenvalue weighted by molar-refractivity contribution is 5.99. The van der Waals surface area contributed by atoms with Crippen LogP contribution in [-0.2, 0) is 0 Å². The number of hydrogen-bond acceptors (Lipinski definition) is 3. The van der Waals surface area contributed by atoms with Crippen molar-refractivity contribution in [3.8, 4) is 11.5 Å². The molecule has 2 N–H and O–H groups in total. The first kappa shape index (κ1) is 17.5. The zero-order valence-corrected chi connectivity index (χ0v) is 12.7. The number of alkyl halides is 3. The lowest BCUT2D eigenvalue weighted by Crippen LogP contribution is -2.20. The van der Waals surface area contributed by atoms with Crippen LogP contribution in [0.1, 0.15) is 0 Å². The van der Waals surface area contributed by atoms with Crippen molar-refractivity contribution in [3.63, 3.8) is 0 Å². The standard InChI is InChI=1S/C16H15F3N2O3/c1-23-14-4-2-3-12(9-14)21-15(22)20-11-5-7-13(8-6-11)24-10-16(17,18)19/h2-9H,10H2,1H3,(H2,20,21,22). The average molecular weight is 340 g/mol. The van der Waals surface area contributed by atoms with E-state index in [0.717, 1.165) is 0 Å². The van der Waals surface area contributed by atoms with Crippen LogP contribution in [0.5, 0.6) is 11.5 Å². The summed E-state index contributed by atoms with van der Waals surface area (Å²) >= 11 is 0. The van der Waals surface area contributed by atoms with Crippen molar-refractivity contribution in [2.45, 2.75) is 6.18 Å². The normalized spacial score (nSPS) is 10.8. The number of ether oxygens (including phenoxy) is 2. The van der Waals surface area contributed by atoms with Crippen molar-refractivity contribution in [1.82, 2.24) is 0 Å². The van der Waals surface area contributed by atoms with Crippen molar-refractivity contribution in [2.75, 3.05) is 24.4 Å². The van der Waals surface area contributed by atoms with Crippen LogP contribution >= 0.6 is 0 Å². The van der Waals surface area contributed by atoms with E-state index in [4.69, 9.17) is 4.74 Å². The molecule has 2 amide bonds. The molecule has 0 bridgehead atoms. The molecule has 0 fully saturated rings. The molecular formula is C16H15F3N2O3. The van der Waals surface area contributed by atoms with Crippen molar-refractivity contribution in [1.29, 1.82) is 0 Å². The number of rotatable bonds is 5. The summed E-state index contributed by atoms with van der Waals surface area (Å²) in [7, 11) is 1.52. The molecule has 128 valence electrons. The zero-order valence-electron chi connectivity index (χ0n) is 12.7. The first-order valence-corrected chi connectivity index (χ1v) is 6.87. The fourth-order valence-corrected chi connectivity index (χ4v) is 1.79. The second-order valence-electron chi connectivity index (χ2n) is 4.74. The number of halogens is 3. The van der Waals surface area contributed by atoms with Crippen molar-refractivity contribution >= 4 is 17.4 Å². The lowest BCUT2D eigenvalue weighted by molar-refractivity contribution is -0.153. The molecule has 0 unspecified atom stereocenters. The summed E-state index contributed by atoms with van der Waals surface area (Å²) in [6.07, 6.45) is -4.40. The lowest BCUT2D eigenvalue weighted by Gasteiger charge is -2.11. The molecule has 0 saturated carbocycles. The SMILES string of the molecule is COc1cccc(NC(=O)Nc2ccc(OCC(F)(F)F)cc2)c1. The molecule has 0 saturated heterocycles. The van der Waals surface area contributed by atoms with Gasteiger partial charge in [-0.1, -0.05) is 6.07 Å². The Balaban J connectivity index is 1.89. The minimum Gasteiger partial charge on any atom is -0.497 e. The van der Waals surface area contributed by atoms with Gasteiger partial charge in [-0.05, 0) is 36.4 Å². The third-order valence-electron chi connectivity index (χ3n) is 2.84. The Morgan fingerprint density at radius 2 is 1.67 bits per heavy atom. The predicted molar refractivity (Wildman–Crippen MR) is 83.6 cm³/mol. The van der Waals surface area contributed by atoms with Gasteiger partial charge >= 0.3 is 12.2 Å². The van der Waals surface area contributed by atoms with Gasteiger partial charge in [-0.15, -0.1) is 0 Å². The van der Waals surface area contributed by atoms with E-state index < -0.39 is 18.8 Å². The van der Waals surface area contributed by atoms with E-state index in [1.54, 1.807) is 24.3 Å². The number of methoxy groups -OCH3 is 1. The molecule has 8 heteroatoms. The monoisotopic (exact) mass is 340 g/mol. The topological polar surface area (TPSA) is 59.6 Å². The molecule has 0 aliphatic carbocycles. The Kier molecular flexibility index (Phi) is 5.51. The predicted octanol–water partition coefficient (Wildman–Crippen LogP) is 4.28. The Hall–Kier alpha value is -2.90. The molecule has 2 rings (SSSR count). The summed E-state index contributed by atoms with van der Waals surface area (Å²) in [5.41, 5.74) is 0.951. The van der Waals surface area contributed by atoms with Gasteiger partial charge in [0.2, 0.25) is 0 Å². The van der Waals surface area contributed by atoms with Crippen LogP contribution in [0.25, 0.3) is 0 Å². The van der Waals surface area contributed by atoms with Crippen LogP contribution in [0.3, 0.4) is 0 Å². The molecule has 0 spiro atoms. The maximum Gasteiger partial charge on any atom is 0.422 e. The summed E-state index contributed by atoms with van der Waals surface area (Å²) in [4.78, 5) is 11.9. The molecule has 2 aromatic carbocycles. The Morgan fingerprint density at radius 1 is 1.00 bits per heavy atom. The van der Waals surface area contributed by atoms with Gasteiger partial charge in [0, 0.05) is 17.4 Å². The average Bonchev–Trinajstić information content (AvgIpc) is 2.53. The largest absolute Gasteiger partial charge is 0.497 e. The summed E-state index contributed by atoms with van der Waals surface area (Å²) < 4.78 is 45.8. The quantitative estimate of drug-likeness (QED) is 0.854. The molecule has 0 heterocycles. The number of carbonyl (C=O) groups is 1. The molecule has 24 heavy (non-hydrogen) atoms. The van der Waals surface area contributed by atoms with E-state index in [0.29, 0.717) is 17.1 Å². The fraction of sp³-hybridized carbons (Fsp3) is 0.188. The second-order valence-corrected chi connectivity index (χ2v) is 4.74. The van der Waals surface area contributed by atoms with Crippen molar-refractivity contribution < 1.29 is 27.4 Å². The highest BCUT2D eigenvalue weighted by atomic mass is 19.4. The van der Waals surface area contributed by atoms with Gasteiger partial charge in [0.05, 0.1) is 7.11 Å². The minimum absolute atomic E-state index is 0.0612. The Morgan fingerprint density at radius 3 is 2.29 bits per heavy atom. The van der Waals surface area contributed by atoms with E-state index in [-0.39, 0.29) is 5.75 Å². The van der Waals surface area contributed by atoms with Gasteiger partial charge < -0.3 is 20.1 Å². The molecule has 0 aliphatic heterocycles. The molecule has 0 radical (unpaired) electrons. The summed E-state index contributed by atoms with van der Waals surface area (Å²) in [6.45, 7) is -1.36. The first-order valence-electron chi connectivity index (χ1n) is 6.87. The number of hydrogen-bond donors (Lipinski definition) is 2. The zero-order chi connectivity index (χ0) is 17.6. The van der Waals surface area contributed by atoms with E-state index in [9.17, 15) is 18.0 Å². The van der Waals surface area contributed by atoms with Gasteiger partial charge in [-0.2, -0.15) is 13.2 Å². The lowest BCUT2D eigenvalue weighted by atomic mass is 10.3. The Labute approximate surface area is 136 Å². The maximum absolute atomic E-state index is 12.1. The van der Waals surface area contributed by atoms with Gasteiger partial charge in [0.15, 0.2) is 6.61 Å². The number of anilines is 2. The van der Waals surface area contributed by atoms with Crippen LogP contribution in [0.2, 0.25) is 0 Å². The highest BCUT2D eigenvalue weighted by Gasteiger charge is 2.28. The first-order chi connectivity index (χ1) is 11.4. The van der Waals surface area contributed by atoms with Crippen LogP contribution in [-0.4, -0.2) is 25.9 Å². The van der Waals surface area contributed by atoms with E-state index >= 15 is 0 Å². The molecule has 5 nitrogen and oxygen atoms in total. The molecule has 0 atom stereocenters. The highest BCUT2D eigenvalue weighted by Crippen LogP contribution is 2.21. The number of amides is 2. The van der Waals surface area contributed by atoms with Crippen LogP contribution < -0.4 is 20.1 Å². The number of urea groups is 1.